The van der Waals surface area contributed by atoms with Crippen molar-refractivity contribution in [3.63, 3.8) is 0 Å². The molecule has 0 aliphatic heterocycles. The van der Waals surface area contributed by atoms with Crippen molar-refractivity contribution in [1.82, 2.24) is 0 Å². The molecular formula is C11H20O6. The summed E-state index contributed by atoms with van der Waals surface area (Å²) in [4.78, 5) is 10.9. The third-order valence-electron chi connectivity index (χ3n) is 1.72. The Kier molecular flexibility index (Phi) is 10.6. The van der Waals surface area contributed by atoms with E-state index in [0.29, 0.717) is 33.0 Å². The van der Waals surface area contributed by atoms with E-state index in [-0.39, 0.29) is 12.4 Å². The van der Waals surface area contributed by atoms with Gasteiger partial charge in [-0.05, 0) is 6.58 Å². The van der Waals surface area contributed by atoms with E-state index >= 15 is 0 Å². The zero-order valence-electron chi connectivity index (χ0n) is 10.4. The molecule has 0 N–H and O–H groups in total. The highest BCUT2D eigenvalue weighted by Gasteiger charge is 2.06. The van der Waals surface area contributed by atoms with Crippen LogP contribution in [0.2, 0.25) is 0 Å². The second-order valence-corrected chi connectivity index (χ2v) is 2.98. The molecule has 0 aliphatic carbocycles. The van der Waals surface area contributed by atoms with Gasteiger partial charge in [-0.15, -0.1) is 0 Å². The molecule has 100 valence electrons. The molecule has 0 heterocycles. The average molecular weight is 248 g/mol. The Morgan fingerprint density at radius 1 is 0.941 bits per heavy atom. The summed E-state index contributed by atoms with van der Waals surface area (Å²) >= 11 is 0. The minimum Gasteiger partial charge on any atom is -0.485 e. The van der Waals surface area contributed by atoms with Crippen molar-refractivity contribution in [2.75, 3.05) is 53.9 Å². The molecule has 6 nitrogen and oxygen atoms in total. The van der Waals surface area contributed by atoms with Crippen LogP contribution >= 0.6 is 0 Å². The molecule has 0 aromatic heterocycles. The summed E-state index contributed by atoms with van der Waals surface area (Å²) < 4.78 is 24.6. The van der Waals surface area contributed by atoms with Crippen molar-refractivity contribution in [3.8, 4) is 0 Å². The predicted octanol–water partition coefficient (Wildman–Crippen LogP) is 0.369. The third kappa shape index (κ3) is 9.80. The SMILES string of the molecule is C=C(OCCOCCOCCOC)C(=O)OC. The topological polar surface area (TPSA) is 63.2 Å². The van der Waals surface area contributed by atoms with Gasteiger partial charge in [0.15, 0.2) is 5.76 Å². The molecule has 0 aromatic rings. The van der Waals surface area contributed by atoms with Crippen LogP contribution in [0.5, 0.6) is 0 Å². The second-order valence-electron chi connectivity index (χ2n) is 2.98. The highest BCUT2D eigenvalue weighted by Crippen LogP contribution is 1.95. The van der Waals surface area contributed by atoms with Gasteiger partial charge in [-0.1, -0.05) is 0 Å². The van der Waals surface area contributed by atoms with Crippen LogP contribution in [0.25, 0.3) is 0 Å². The van der Waals surface area contributed by atoms with E-state index in [4.69, 9.17) is 18.9 Å². The van der Waals surface area contributed by atoms with Crippen LogP contribution in [0, 0.1) is 0 Å². The van der Waals surface area contributed by atoms with Gasteiger partial charge in [0.2, 0.25) is 0 Å². The Morgan fingerprint density at radius 3 is 2.00 bits per heavy atom. The monoisotopic (exact) mass is 248 g/mol. The summed E-state index contributed by atoms with van der Waals surface area (Å²) in [6.45, 7) is 6.12. The van der Waals surface area contributed by atoms with Crippen molar-refractivity contribution >= 4 is 5.97 Å². The Hall–Kier alpha value is -1.11. The second kappa shape index (κ2) is 11.4. The minimum atomic E-state index is -0.576. The van der Waals surface area contributed by atoms with Crippen LogP contribution < -0.4 is 0 Å². The highest BCUT2D eigenvalue weighted by atomic mass is 16.6. The molecule has 0 amide bonds. The van der Waals surface area contributed by atoms with E-state index in [1.807, 2.05) is 0 Å². The van der Waals surface area contributed by atoms with Gasteiger partial charge >= 0.3 is 5.97 Å². The van der Waals surface area contributed by atoms with Crippen molar-refractivity contribution in [3.05, 3.63) is 12.3 Å². The Bertz CT molecular complexity index is 216. The average Bonchev–Trinajstić information content (AvgIpc) is 2.35. The number of rotatable bonds is 11. The van der Waals surface area contributed by atoms with Gasteiger partial charge in [0.05, 0.1) is 40.1 Å². The van der Waals surface area contributed by atoms with E-state index in [9.17, 15) is 4.79 Å². The number of hydrogen-bond acceptors (Lipinski definition) is 6. The number of esters is 1. The van der Waals surface area contributed by atoms with Crippen molar-refractivity contribution in [1.29, 1.82) is 0 Å². The van der Waals surface area contributed by atoms with Gasteiger partial charge in [-0.2, -0.15) is 0 Å². The largest absolute Gasteiger partial charge is 0.485 e. The minimum absolute atomic E-state index is 0.0209. The summed E-state index contributed by atoms with van der Waals surface area (Å²) in [7, 11) is 2.89. The third-order valence-corrected chi connectivity index (χ3v) is 1.72. The smallest absolute Gasteiger partial charge is 0.372 e. The molecular weight excluding hydrogens is 228 g/mol. The van der Waals surface area contributed by atoms with Crippen molar-refractivity contribution < 1.29 is 28.5 Å². The zero-order valence-corrected chi connectivity index (χ0v) is 10.4. The Labute approximate surface area is 101 Å². The van der Waals surface area contributed by atoms with E-state index in [2.05, 4.69) is 11.3 Å². The molecule has 0 spiro atoms. The first kappa shape index (κ1) is 15.9. The summed E-state index contributed by atoms with van der Waals surface area (Å²) in [5, 5.41) is 0. The van der Waals surface area contributed by atoms with Crippen molar-refractivity contribution in [2.45, 2.75) is 0 Å². The molecule has 0 fully saturated rings. The van der Waals surface area contributed by atoms with E-state index in [1.165, 1.54) is 7.11 Å². The van der Waals surface area contributed by atoms with Crippen LogP contribution in [-0.2, 0) is 28.5 Å². The maximum Gasteiger partial charge on any atom is 0.372 e. The first-order valence-electron chi connectivity index (χ1n) is 5.26. The zero-order chi connectivity index (χ0) is 12.9. The fraction of sp³-hybridized carbons (Fsp3) is 0.727. The van der Waals surface area contributed by atoms with Crippen LogP contribution in [0.15, 0.2) is 12.3 Å². The maximum atomic E-state index is 10.9. The molecule has 0 aromatic carbocycles. The summed E-state index contributed by atoms with van der Waals surface area (Å²) in [5.74, 6) is -0.597. The van der Waals surface area contributed by atoms with E-state index in [0.717, 1.165) is 0 Å². The molecule has 0 bridgehead atoms. The van der Waals surface area contributed by atoms with Gasteiger partial charge in [-0.3, -0.25) is 0 Å². The lowest BCUT2D eigenvalue weighted by molar-refractivity contribution is -0.140. The lowest BCUT2D eigenvalue weighted by atomic mass is 10.5. The van der Waals surface area contributed by atoms with Gasteiger partial charge in [0, 0.05) is 7.11 Å². The maximum absolute atomic E-state index is 10.9. The molecule has 0 atom stereocenters. The first-order chi connectivity index (χ1) is 8.22. The van der Waals surface area contributed by atoms with E-state index in [1.54, 1.807) is 7.11 Å². The number of carbonyl (C=O) groups excluding carboxylic acids is 1. The molecule has 0 radical (unpaired) electrons. The molecule has 0 unspecified atom stereocenters. The van der Waals surface area contributed by atoms with Crippen LogP contribution in [0.1, 0.15) is 0 Å². The fourth-order valence-corrected chi connectivity index (χ4v) is 0.861. The summed E-state index contributed by atoms with van der Waals surface area (Å²) in [6.07, 6.45) is 0. The highest BCUT2D eigenvalue weighted by molar-refractivity contribution is 5.85. The van der Waals surface area contributed by atoms with E-state index < -0.39 is 5.97 Å². The molecule has 0 saturated carbocycles. The van der Waals surface area contributed by atoms with Crippen LogP contribution in [0.3, 0.4) is 0 Å². The lowest BCUT2D eigenvalue weighted by Crippen LogP contribution is -2.13. The standard InChI is InChI=1S/C11H20O6/c1-10(11(12)14-3)17-9-8-16-7-6-15-5-4-13-2/h1,4-9H2,2-3H3. The first-order valence-corrected chi connectivity index (χ1v) is 5.26. The molecule has 0 rings (SSSR count). The summed E-state index contributed by atoms with van der Waals surface area (Å²) in [5.41, 5.74) is 0. The predicted molar refractivity (Wildman–Crippen MR) is 60.6 cm³/mol. The molecule has 6 heteroatoms. The molecule has 17 heavy (non-hydrogen) atoms. The number of hydrogen-bond donors (Lipinski definition) is 0. The normalized spacial score (nSPS) is 10.0. The van der Waals surface area contributed by atoms with Gasteiger partial charge in [-0.25, -0.2) is 4.79 Å². The quantitative estimate of drug-likeness (QED) is 0.228. The number of carbonyl (C=O) groups is 1. The van der Waals surface area contributed by atoms with Crippen LogP contribution in [0.4, 0.5) is 0 Å². The molecule has 0 aliphatic rings. The lowest BCUT2D eigenvalue weighted by Gasteiger charge is -2.08. The van der Waals surface area contributed by atoms with Crippen molar-refractivity contribution in [2.24, 2.45) is 0 Å². The van der Waals surface area contributed by atoms with Gasteiger partial charge in [0.25, 0.3) is 0 Å². The van der Waals surface area contributed by atoms with Gasteiger partial charge < -0.3 is 23.7 Å². The summed E-state index contributed by atoms with van der Waals surface area (Å²) in [6, 6.07) is 0. The molecule has 0 saturated heterocycles. The van der Waals surface area contributed by atoms with Crippen LogP contribution in [-0.4, -0.2) is 59.8 Å². The van der Waals surface area contributed by atoms with Gasteiger partial charge in [0.1, 0.15) is 6.61 Å². The Balaban J connectivity index is 3.18. The number of ether oxygens (including phenoxy) is 5. The number of methoxy groups -OCH3 is 2. The Morgan fingerprint density at radius 2 is 1.47 bits per heavy atom. The fourth-order valence-electron chi connectivity index (χ4n) is 0.861.